The van der Waals surface area contributed by atoms with Gasteiger partial charge in [-0.2, -0.15) is 0 Å². The van der Waals surface area contributed by atoms with Crippen LogP contribution in [-0.2, 0) is 0 Å². The summed E-state index contributed by atoms with van der Waals surface area (Å²) in [6.07, 6.45) is 4.95. The van der Waals surface area contributed by atoms with Crippen molar-refractivity contribution in [3.63, 3.8) is 0 Å². The second-order valence-electron chi connectivity index (χ2n) is 5.81. The second kappa shape index (κ2) is 7.57. The molecule has 21 heavy (non-hydrogen) atoms. The Hall–Kier alpha value is -1.39. The molecular formula is C17H26N2O2. The van der Waals surface area contributed by atoms with E-state index in [1.165, 1.54) is 6.42 Å². The van der Waals surface area contributed by atoms with E-state index in [4.69, 9.17) is 5.73 Å². The normalized spacial score (nSPS) is 21.1. The summed E-state index contributed by atoms with van der Waals surface area (Å²) in [5, 5.41) is 9.25. The molecule has 1 aliphatic heterocycles. The Bertz CT molecular complexity index is 456. The molecule has 0 aromatic heterocycles. The van der Waals surface area contributed by atoms with Crippen LogP contribution in [0, 0.1) is 0 Å². The maximum absolute atomic E-state index is 12.8. The van der Waals surface area contributed by atoms with E-state index in [1.807, 2.05) is 12.1 Å². The lowest BCUT2D eigenvalue weighted by atomic mass is 9.93. The van der Waals surface area contributed by atoms with Gasteiger partial charge in [0, 0.05) is 23.9 Å². The van der Waals surface area contributed by atoms with E-state index >= 15 is 0 Å². The van der Waals surface area contributed by atoms with Gasteiger partial charge in [0.25, 0.3) is 0 Å². The van der Waals surface area contributed by atoms with Crippen LogP contribution in [0.2, 0.25) is 0 Å². The van der Waals surface area contributed by atoms with Gasteiger partial charge in [-0.1, -0.05) is 13.3 Å². The summed E-state index contributed by atoms with van der Waals surface area (Å²) in [5.41, 5.74) is 7.09. The standard InChI is InChI=1S/C17H26N2O2/c1-2-16(17(21)13-6-8-14(18)9-7-13)19-11-4-3-5-15(19)10-12-20/h6-9,15-16,20H,2-5,10-12,18H2,1H3. The zero-order valence-corrected chi connectivity index (χ0v) is 12.8. The molecule has 3 N–H and O–H groups in total. The lowest BCUT2D eigenvalue weighted by Gasteiger charge is -2.40. The molecule has 1 aliphatic rings. The monoisotopic (exact) mass is 290 g/mol. The Morgan fingerprint density at radius 2 is 2.10 bits per heavy atom. The largest absolute Gasteiger partial charge is 0.399 e. The van der Waals surface area contributed by atoms with Crippen molar-refractivity contribution in [2.24, 2.45) is 0 Å². The SMILES string of the molecule is CCC(C(=O)c1ccc(N)cc1)N1CCCCC1CCO. The van der Waals surface area contributed by atoms with Gasteiger partial charge in [0.15, 0.2) is 5.78 Å². The van der Waals surface area contributed by atoms with Gasteiger partial charge in [0.05, 0.1) is 6.04 Å². The Morgan fingerprint density at radius 3 is 2.71 bits per heavy atom. The molecule has 0 saturated carbocycles. The summed E-state index contributed by atoms with van der Waals surface area (Å²) in [4.78, 5) is 15.1. The minimum atomic E-state index is -0.0922. The number of piperidine rings is 1. The number of benzene rings is 1. The number of Topliss-reactive ketones (excluding diaryl/α,β-unsaturated/α-hetero) is 1. The van der Waals surface area contributed by atoms with Crippen molar-refractivity contribution in [1.82, 2.24) is 4.90 Å². The van der Waals surface area contributed by atoms with Crippen molar-refractivity contribution >= 4 is 11.5 Å². The zero-order chi connectivity index (χ0) is 15.2. The van der Waals surface area contributed by atoms with Crippen molar-refractivity contribution in [1.29, 1.82) is 0 Å². The molecule has 0 amide bonds. The third-order valence-electron chi connectivity index (χ3n) is 4.42. The smallest absolute Gasteiger partial charge is 0.179 e. The number of hydrogen-bond donors (Lipinski definition) is 2. The van der Waals surface area contributed by atoms with Crippen molar-refractivity contribution in [3.05, 3.63) is 29.8 Å². The highest BCUT2D eigenvalue weighted by Gasteiger charge is 2.32. The first-order valence-corrected chi connectivity index (χ1v) is 7.93. The van der Waals surface area contributed by atoms with Crippen molar-refractivity contribution in [2.75, 3.05) is 18.9 Å². The van der Waals surface area contributed by atoms with Gasteiger partial charge in [-0.25, -0.2) is 0 Å². The highest BCUT2D eigenvalue weighted by Crippen LogP contribution is 2.25. The molecule has 1 aromatic carbocycles. The topological polar surface area (TPSA) is 66.6 Å². The number of aliphatic hydroxyl groups excluding tert-OH is 1. The van der Waals surface area contributed by atoms with E-state index in [-0.39, 0.29) is 18.4 Å². The second-order valence-corrected chi connectivity index (χ2v) is 5.81. The predicted octanol–water partition coefficient (Wildman–Crippen LogP) is 2.47. The molecule has 1 heterocycles. The van der Waals surface area contributed by atoms with Crippen LogP contribution in [0.3, 0.4) is 0 Å². The fourth-order valence-electron chi connectivity index (χ4n) is 3.30. The molecule has 4 heteroatoms. The van der Waals surface area contributed by atoms with E-state index in [0.717, 1.165) is 37.8 Å². The molecule has 0 bridgehead atoms. The molecule has 116 valence electrons. The summed E-state index contributed by atoms with van der Waals surface area (Å²) < 4.78 is 0. The van der Waals surface area contributed by atoms with Crippen LogP contribution in [0.15, 0.2) is 24.3 Å². The molecule has 2 atom stereocenters. The lowest BCUT2D eigenvalue weighted by molar-refractivity contribution is 0.0550. The first-order chi connectivity index (χ1) is 10.2. The molecular weight excluding hydrogens is 264 g/mol. The van der Waals surface area contributed by atoms with E-state index in [9.17, 15) is 9.90 Å². The number of carbonyl (C=O) groups is 1. The van der Waals surface area contributed by atoms with Gasteiger partial charge >= 0.3 is 0 Å². The summed E-state index contributed by atoms with van der Waals surface area (Å²) >= 11 is 0. The number of rotatable bonds is 6. The number of hydrogen-bond acceptors (Lipinski definition) is 4. The summed E-state index contributed by atoms with van der Waals surface area (Å²) in [6.45, 7) is 3.20. The van der Waals surface area contributed by atoms with Gasteiger partial charge in [-0.3, -0.25) is 9.69 Å². The highest BCUT2D eigenvalue weighted by atomic mass is 16.3. The molecule has 0 spiro atoms. The minimum Gasteiger partial charge on any atom is -0.399 e. The van der Waals surface area contributed by atoms with Crippen LogP contribution in [0.5, 0.6) is 0 Å². The van der Waals surface area contributed by atoms with E-state index in [2.05, 4.69) is 11.8 Å². The number of ketones is 1. The number of carbonyl (C=O) groups excluding carboxylic acids is 1. The molecule has 0 radical (unpaired) electrons. The molecule has 2 unspecified atom stereocenters. The van der Waals surface area contributed by atoms with Crippen LogP contribution in [0.25, 0.3) is 0 Å². The quantitative estimate of drug-likeness (QED) is 0.624. The fourth-order valence-corrected chi connectivity index (χ4v) is 3.30. The highest BCUT2D eigenvalue weighted by molar-refractivity contribution is 6.00. The maximum atomic E-state index is 12.8. The number of aliphatic hydroxyl groups is 1. The van der Waals surface area contributed by atoms with Crippen LogP contribution < -0.4 is 5.73 Å². The molecule has 2 rings (SSSR count). The lowest BCUT2D eigenvalue weighted by Crippen LogP contribution is -2.49. The molecule has 4 nitrogen and oxygen atoms in total. The Morgan fingerprint density at radius 1 is 1.38 bits per heavy atom. The fraction of sp³-hybridized carbons (Fsp3) is 0.588. The summed E-state index contributed by atoms with van der Waals surface area (Å²) in [7, 11) is 0. The van der Waals surface area contributed by atoms with Gasteiger partial charge < -0.3 is 10.8 Å². The number of anilines is 1. The molecule has 1 saturated heterocycles. The van der Waals surface area contributed by atoms with Crippen molar-refractivity contribution < 1.29 is 9.90 Å². The predicted molar refractivity (Wildman–Crippen MR) is 85.3 cm³/mol. The molecule has 0 aliphatic carbocycles. The maximum Gasteiger partial charge on any atom is 0.179 e. The minimum absolute atomic E-state index is 0.0922. The third kappa shape index (κ3) is 3.83. The van der Waals surface area contributed by atoms with Gasteiger partial charge in [0.2, 0.25) is 0 Å². The Balaban J connectivity index is 2.16. The third-order valence-corrected chi connectivity index (χ3v) is 4.42. The van der Waals surface area contributed by atoms with Gasteiger partial charge in [0.1, 0.15) is 0 Å². The van der Waals surface area contributed by atoms with E-state index in [0.29, 0.717) is 11.7 Å². The Kier molecular flexibility index (Phi) is 5.76. The Labute approximate surface area is 126 Å². The summed E-state index contributed by atoms with van der Waals surface area (Å²) in [6, 6.07) is 7.41. The molecule has 1 aromatic rings. The first-order valence-electron chi connectivity index (χ1n) is 7.93. The summed E-state index contributed by atoms with van der Waals surface area (Å²) in [5.74, 6) is 0.169. The molecule has 1 fully saturated rings. The van der Waals surface area contributed by atoms with Crippen LogP contribution in [0.1, 0.15) is 49.4 Å². The van der Waals surface area contributed by atoms with Crippen LogP contribution >= 0.6 is 0 Å². The van der Waals surface area contributed by atoms with Gasteiger partial charge in [-0.05, 0) is 56.5 Å². The van der Waals surface area contributed by atoms with Crippen molar-refractivity contribution in [3.8, 4) is 0 Å². The zero-order valence-electron chi connectivity index (χ0n) is 12.8. The van der Waals surface area contributed by atoms with E-state index in [1.54, 1.807) is 12.1 Å². The number of likely N-dealkylation sites (tertiary alicyclic amines) is 1. The van der Waals surface area contributed by atoms with Crippen molar-refractivity contribution in [2.45, 2.75) is 51.1 Å². The van der Waals surface area contributed by atoms with Crippen LogP contribution in [0.4, 0.5) is 5.69 Å². The van der Waals surface area contributed by atoms with Crippen LogP contribution in [-0.4, -0.2) is 41.0 Å². The number of nitrogens with two attached hydrogens (primary N) is 1. The number of nitrogens with zero attached hydrogens (tertiary/aromatic N) is 1. The average molecular weight is 290 g/mol. The van der Waals surface area contributed by atoms with E-state index < -0.39 is 0 Å². The van der Waals surface area contributed by atoms with Gasteiger partial charge in [-0.15, -0.1) is 0 Å². The number of nitrogen functional groups attached to an aromatic ring is 1. The first kappa shape index (κ1) is 16.0. The average Bonchev–Trinajstić information content (AvgIpc) is 2.50.